The number of nitrogens with one attached hydrogen (secondary N) is 1. The van der Waals surface area contributed by atoms with E-state index in [1.807, 2.05) is 12.1 Å². The molecule has 0 amide bonds. The third-order valence-corrected chi connectivity index (χ3v) is 3.09. The number of ketones is 1. The van der Waals surface area contributed by atoms with Crippen LogP contribution in [0.5, 0.6) is 0 Å². The van der Waals surface area contributed by atoms with Crippen molar-refractivity contribution in [1.29, 1.82) is 0 Å². The van der Waals surface area contributed by atoms with Gasteiger partial charge in [0.25, 0.3) is 0 Å². The summed E-state index contributed by atoms with van der Waals surface area (Å²) in [6.45, 7) is 4.59. The van der Waals surface area contributed by atoms with Crippen molar-refractivity contribution in [1.82, 2.24) is 5.32 Å². The maximum absolute atomic E-state index is 11.4. The van der Waals surface area contributed by atoms with Gasteiger partial charge < -0.3 is 5.32 Å². The predicted molar refractivity (Wildman–Crippen MR) is 59.4 cm³/mol. The van der Waals surface area contributed by atoms with Gasteiger partial charge in [-0.25, -0.2) is 0 Å². The standard InChI is InChI=1S/C9H10BrNOS/c1-2-5-11-6-7(12)8-3-4-9(10)13-8/h2-4,11H,1,5-6H2. The third kappa shape index (κ3) is 3.42. The van der Waals surface area contributed by atoms with Crippen molar-refractivity contribution in [2.75, 3.05) is 13.1 Å². The minimum absolute atomic E-state index is 0.123. The van der Waals surface area contributed by atoms with Gasteiger partial charge in [0.2, 0.25) is 0 Å². The molecule has 1 aromatic rings. The average molecular weight is 260 g/mol. The second-order valence-electron chi connectivity index (χ2n) is 2.45. The van der Waals surface area contributed by atoms with Crippen LogP contribution in [0.3, 0.4) is 0 Å². The van der Waals surface area contributed by atoms with E-state index < -0.39 is 0 Å². The van der Waals surface area contributed by atoms with Crippen molar-refractivity contribution in [2.45, 2.75) is 0 Å². The smallest absolute Gasteiger partial charge is 0.186 e. The average Bonchev–Trinajstić information content (AvgIpc) is 2.52. The van der Waals surface area contributed by atoms with Crippen molar-refractivity contribution >= 4 is 33.0 Å². The Balaban J connectivity index is 2.44. The van der Waals surface area contributed by atoms with Gasteiger partial charge in [0.15, 0.2) is 5.78 Å². The molecule has 0 unspecified atom stereocenters. The Kier molecular flexibility index (Phi) is 4.35. The van der Waals surface area contributed by atoms with Gasteiger partial charge in [-0.3, -0.25) is 4.79 Å². The van der Waals surface area contributed by atoms with Crippen LogP contribution >= 0.6 is 27.3 Å². The fraction of sp³-hybridized carbons (Fsp3) is 0.222. The van der Waals surface area contributed by atoms with E-state index in [0.29, 0.717) is 13.1 Å². The van der Waals surface area contributed by atoms with Gasteiger partial charge in [-0.05, 0) is 28.1 Å². The molecule has 70 valence electrons. The molecule has 4 heteroatoms. The molecule has 0 aliphatic rings. The Labute approximate surface area is 89.8 Å². The second-order valence-corrected chi connectivity index (χ2v) is 4.91. The van der Waals surface area contributed by atoms with E-state index in [1.54, 1.807) is 6.08 Å². The van der Waals surface area contributed by atoms with Gasteiger partial charge in [-0.1, -0.05) is 6.08 Å². The molecule has 0 saturated heterocycles. The van der Waals surface area contributed by atoms with Crippen molar-refractivity contribution in [3.63, 3.8) is 0 Å². The summed E-state index contributed by atoms with van der Waals surface area (Å²) < 4.78 is 0.986. The van der Waals surface area contributed by atoms with E-state index >= 15 is 0 Å². The molecule has 0 saturated carbocycles. The molecule has 0 fully saturated rings. The largest absolute Gasteiger partial charge is 0.306 e. The Morgan fingerprint density at radius 3 is 3.00 bits per heavy atom. The molecule has 13 heavy (non-hydrogen) atoms. The first-order valence-corrected chi connectivity index (χ1v) is 5.45. The van der Waals surface area contributed by atoms with E-state index in [0.717, 1.165) is 8.66 Å². The van der Waals surface area contributed by atoms with E-state index in [2.05, 4.69) is 27.8 Å². The molecule has 1 aromatic heterocycles. The van der Waals surface area contributed by atoms with Crippen LogP contribution in [0.1, 0.15) is 9.67 Å². The third-order valence-electron chi connectivity index (χ3n) is 1.42. The van der Waals surface area contributed by atoms with Crippen LogP contribution in [0.25, 0.3) is 0 Å². The van der Waals surface area contributed by atoms with Gasteiger partial charge in [-0.2, -0.15) is 0 Å². The number of carbonyl (C=O) groups excluding carboxylic acids is 1. The van der Waals surface area contributed by atoms with Gasteiger partial charge in [0, 0.05) is 6.54 Å². The molecule has 0 bridgehead atoms. The van der Waals surface area contributed by atoms with Crippen LogP contribution in [0.4, 0.5) is 0 Å². The van der Waals surface area contributed by atoms with Gasteiger partial charge in [-0.15, -0.1) is 17.9 Å². The summed E-state index contributed by atoms with van der Waals surface area (Å²) in [7, 11) is 0. The molecular weight excluding hydrogens is 250 g/mol. The molecule has 0 spiro atoms. The quantitative estimate of drug-likeness (QED) is 0.500. The normalized spacial score (nSPS) is 9.92. The van der Waals surface area contributed by atoms with Gasteiger partial charge >= 0.3 is 0 Å². The molecule has 1 rings (SSSR count). The minimum Gasteiger partial charge on any atom is -0.306 e. The van der Waals surface area contributed by atoms with Gasteiger partial charge in [0.05, 0.1) is 15.2 Å². The maximum atomic E-state index is 11.4. The summed E-state index contributed by atoms with van der Waals surface area (Å²) in [6, 6.07) is 3.71. The van der Waals surface area contributed by atoms with Crippen LogP contribution in [0.2, 0.25) is 0 Å². The molecule has 0 radical (unpaired) electrons. The highest BCUT2D eigenvalue weighted by Gasteiger charge is 2.06. The summed E-state index contributed by atoms with van der Waals surface area (Å²) in [5.41, 5.74) is 0. The van der Waals surface area contributed by atoms with E-state index in [9.17, 15) is 4.79 Å². The number of rotatable bonds is 5. The Morgan fingerprint density at radius 2 is 2.46 bits per heavy atom. The highest BCUT2D eigenvalue weighted by atomic mass is 79.9. The van der Waals surface area contributed by atoms with Crippen LogP contribution in [-0.4, -0.2) is 18.9 Å². The van der Waals surface area contributed by atoms with Crippen LogP contribution in [-0.2, 0) is 0 Å². The number of hydrogen-bond donors (Lipinski definition) is 1. The highest BCUT2D eigenvalue weighted by molar-refractivity contribution is 9.11. The van der Waals surface area contributed by atoms with E-state index in [1.165, 1.54) is 11.3 Å². The summed E-state index contributed by atoms with van der Waals surface area (Å²) in [5.74, 6) is 0.123. The van der Waals surface area contributed by atoms with Crippen LogP contribution < -0.4 is 5.32 Å². The lowest BCUT2D eigenvalue weighted by Crippen LogP contribution is -2.22. The monoisotopic (exact) mass is 259 g/mol. The topological polar surface area (TPSA) is 29.1 Å². The minimum atomic E-state index is 0.123. The molecule has 2 nitrogen and oxygen atoms in total. The van der Waals surface area contributed by atoms with Crippen LogP contribution in [0, 0.1) is 0 Å². The van der Waals surface area contributed by atoms with Crippen molar-refractivity contribution in [2.24, 2.45) is 0 Å². The number of Topliss-reactive ketones (excluding diaryl/α,β-unsaturated/α-hetero) is 1. The zero-order valence-corrected chi connectivity index (χ0v) is 9.45. The SMILES string of the molecule is C=CCNCC(=O)c1ccc(Br)s1. The maximum Gasteiger partial charge on any atom is 0.186 e. The number of carbonyl (C=O) groups is 1. The molecule has 0 aliphatic carbocycles. The van der Waals surface area contributed by atoms with Crippen molar-refractivity contribution in [3.8, 4) is 0 Å². The molecule has 1 heterocycles. The van der Waals surface area contributed by atoms with E-state index in [-0.39, 0.29) is 5.78 Å². The molecule has 0 aromatic carbocycles. The van der Waals surface area contributed by atoms with Crippen molar-refractivity contribution in [3.05, 3.63) is 33.5 Å². The zero-order valence-electron chi connectivity index (χ0n) is 7.05. The Morgan fingerprint density at radius 1 is 1.69 bits per heavy atom. The summed E-state index contributed by atoms with van der Waals surface area (Å²) in [5, 5.41) is 2.97. The Bertz CT molecular complexity index is 308. The summed E-state index contributed by atoms with van der Waals surface area (Å²) in [6.07, 6.45) is 1.73. The fourth-order valence-electron chi connectivity index (χ4n) is 0.839. The molecular formula is C9H10BrNOS. The highest BCUT2D eigenvalue weighted by Crippen LogP contribution is 2.22. The number of thiophene rings is 1. The molecule has 0 aliphatic heterocycles. The lowest BCUT2D eigenvalue weighted by atomic mass is 10.3. The fourth-order valence-corrected chi connectivity index (χ4v) is 2.16. The number of halogens is 1. The molecule has 0 atom stereocenters. The van der Waals surface area contributed by atoms with Gasteiger partial charge in [0.1, 0.15) is 0 Å². The van der Waals surface area contributed by atoms with Crippen molar-refractivity contribution < 1.29 is 4.79 Å². The predicted octanol–water partition coefficient (Wildman–Crippen LogP) is 2.47. The zero-order chi connectivity index (χ0) is 9.68. The molecule has 1 N–H and O–H groups in total. The second kappa shape index (κ2) is 5.32. The lowest BCUT2D eigenvalue weighted by molar-refractivity contribution is 0.0996. The first kappa shape index (κ1) is 10.6. The summed E-state index contributed by atoms with van der Waals surface area (Å²) in [4.78, 5) is 12.2. The van der Waals surface area contributed by atoms with E-state index in [4.69, 9.17) is 0 Å². The lowest BCUT2D eigenvalue weighted by Gasteiger charge is -1.97. The first-order chi connectivity index (χ1) is 6.24. The first-order valence-electron chi connectivity index (χ1n) is 3.84. The number of hydrogen-bond acceptors (Lipinski definition) is 3. The Hall–Kier alpha value is -0.450. The van der Waals surface area contributed by atoms with Crippen LogP contribution in [0.15, 0.2) is 28.6 Å². The summed E-state index contributed by atoms with van der Waals surface area (Å²) >= 11 is 4.77.